The summed E-state index contributed by atoms with van der Waals surface area (Å²) < 4.78 is 1.06. The van der Waals surface area contributed by atoms with E-state index in [1.807, 2.05) is 18.2 Å². The SMILES string of the molecule is O=C1CCN(C2CCC2)C1c1ccccc1Br. The average Bonchev–Trinajstić information content (AvgIpc) is 2.59. The van der Waals surface area contributed by atoms with E-state index in [2.05, 4.69) is 26.9 Å². The first kappa shape index (κ1) is 11.4. The Labute approximate surface area is 110 Å². The lowest BCUT2D eigenvalue weighted by molar-refractivity contribution is -0.120. The molecule has 1 saturated carbocycles. The van der Waals surface area contributed by atoms with E-state index in [1.165, 1.54) is 19.3 Å². The van der Waals surface area contributed by atoms with Crippen molar-refractivity contribution in [1.29, 1.82) is 0 Å². The standard InChI is InChI=1S/C14H16BrNO/c15-12-7-2-1-6-11(12)14-13(17)8-9-16(14)10-4-3-5-10/h1-2,6-7,10,14H,3-5,8-9H2. The highest BCUT2D eigenvalue weighted by Gasteiger charge is 2.40. The van der Waals surface area contributed by atoms with Crippen molar-refractivity contribution in [3.05, 3.63) is 34.3 Å². The van der Waals surface area contributed by atoms with Gasteiger partial charge in [-0.25, -0.2) is 0 Å². The fraction of sp³-hybridized carbons (Fsp3) is 0.500. The van der Waals surface area contributed by atoms with Crippen molar-refractivity contribution in [3.8, 4) is 0 Å². The molecule has 17 heavy (non-hydrogen) atoms. The first-order valence-corrected chi connectivity index (χ1v) is 7.09. The van der Waals surface area contributed by atoms with Gasteiger partial charge in [0, 0.05) is 23.5 Å². The van der Waals surface area contributed by atoms with Crippen LogP contribution < -0.4 is 0 Å². The summed E-state index contributed by atoms with van der Waals surface area (Å²) in [6.07, 6.45) is 4.54. The minimum Gasteiger partial charge on any atom is -0.297 e. The molecule has 1 aromatic carbocycles. The second kappa shape index (κ2) is 4.54. The number of Topliss-reactive ketones (excluding diaryl/α,β-unsaturated/α-hetero) is 1. The number of rotatable bonds is 2. The number of carbonyl (C=O) groups excluding carboxylic acids is 1. The highest BCUT2D eigenvalue weighted by Crippen LogP contribution is 2.39. The molecule has 3 rings (SSSR count). The smallest absolute Gasteiger partial charge is 0.155 e. The molecule has 3 heteroatoms. The molecule has 1 aliphatic heterocycles. The van der Waals surface area contributed by atoms with E-state index in [0.29, 0.717) is 18.2 Å². The first-order chi connectivity index (χ1) is 8.27. The lowest BCUT2D eigenvalue weighted by Gasteiger charge is -2.38. The van der Waals surface area contributed by atoms with Crippen LogP contribution in [0.4, 0.5) is 0 Å². The van der Waals surface area contributed by atoms with Crippen LogP contribution in [-0.4, -0.2) is 23.3 Å². The summed E-state index contributed by atoms with van der Waals surface area (Å²) in [5.74, 6) is 0.379. The van der Waals surface area contributed by atoms with Crippen LogP contribution in [0, 0.1) is 0 Å². The third-order valence-electron chi connectivity index (χ3n) is 4.00. The van der Waals surface area contributed by atoms with Crippen LogP contribution in [0.15, 0.2) is 28.7 Å². The van der Waals surface area contributed by atoms with Gasteiger partial charge in [0.1, 0.15) is 0 Å². The highest BCUT2D eigenvalue weighted by molar-refractivity contribution is 9.10. The lowest BCUT2D eigenvalue weighted by atomic mass is 9.90. The van der Waals surface area contributed by atoms with Crippen LogP contribution in [0.5, 0.6) is 0 Å². The molecule has 0 aromatic heterocycles. The van der Waals surface area contributed by atoms with Gasteiger partial charge < -0.3 is 0 Å². The van der Waals surface area contributed by atoms with Crippen LogP contribution in [0.2, 0.25) is 0 Å². The van der Waals surface area contributed by atoms with Crippen molar-refractivity contribution in [1.82, 2.24) is 4.90 Å². The van der Waals surface area contributed by atoms with Crippen molar-refractivity contribution in [2.24, 2.45) is 0 Å². The molecule has 1 heterocycles. The Bertz CT molecular complexity index is 442. The average molecular weight is 294 g/mol. The summed E-state index contributed by atoms with van der Waals surface area (Å²) in [5.41, 5.74) is 1.14. The molecule has 0 N–H and O–H groups in total. The van der Waals surface area contributed by atoms with Crippen molar-refractivity contribution in [2.75, 3.05) is 6.54 Å². The largest absolute Gasteiger partial charge is 0.297 e. The zero-order valence-corrected chi connectivity index (χ0v) is 11.3. The van der Waals surface area contributed by atoms with E-state index in [4.69, 9.17) is 0 Å². The van der Waals surface area contributed by atoms with E-state index in [0.717, 1.165) is 16.6 Å². The Balaban J connectivity index is 1.93. The Hall–Kier alpha value is -0.670. The van der Waals surface area contributed by atoms with Gasteiger partial charge in [0.05, 0.1) is 6.04 Å². The minimum absolute atomic E-state index is 0.00382. The Kier molecular flexibility index (Phi) is 3.05. The Morgan fingerprint density at radius 1 is 1.24 bits per heavy atom. The maximum absolute atomic E-state index is 12.1. The van der Waals surface area contributed by atoms with E-state index in [9.17, 15) is 4.79 Å². The Morgan fingerprint density at radius 3 is 2.65 bits per heavy atom. The molecule has 0 spiro atoms. The van der Waals surface area contributed by atoms with Gasteiger partial charge >= 0.3 is 0 Å². The number of hydrogen-bond donors (Lipinski definition) is 0. The molecule has 2 fully saturated rings. The third kappa shape index (κ3) is 1.95. The van der Waals surface area contributed by atoms with E-state index in [1.54, 1.807) is 0 Å². The summed E-state index contributed by atoms with van der Waals surface area (Å²) in [6, 6.07) is 8.75. The zero-order chi connectivity index (χ0) is 11.8. The lowest BCUT2D eigenvalue weighted by Crippen LogP contribution is -2.40. The van der Waals surface area contributed by atoms with Gasteiger partial charge in [0.15, 0.2) is 5.78 Å². The number of nitrogens with zero attached hydrogens (tertiary/aromatic N) is 1. The van der Waals surface area contributed by atoms with Gasteiger partial charge in [-0.15, -0.1) is 0 Å². The summed E-state index contributed by atoms with van der Waals surface area (Å²) in [4.78, 5) is 14.5. The monoisotopic (exact) mass is 293 g/mol. The number of halogens is 1. The Morgan fingerprint density at radius 2 is 2.00 bits per heavy atom. The van der Waals surface area contributed by atoms with Crippen LogP contribution in [0.25, 0.3) is 0 Å². The fourth-order valence-electron chi connectivity index (χ4n) is 2.85. The molecule has 0 radical (unpaired) electrons. The van der Waals surface area contributed by atoms with E-state index < -0.39 is 0 Å². The molecular formula is C14H16BrNO. The number of ketones is 1. The molecular weight excluding hydrogens is 278 g/mol. The van der Waals surface area contributed by atoms with Gasteiger partial charge in [-0.3, -0.25) is 9.69 Å². The van der Waals surface area contributed by atoms with Gasteiger partial charge in [0.25, 0.3) is 0 Å². The molecule has 2 aliphatic rings. The quantitative estimate of drug-likeness (QED) is 0.834. The number of carbonyl (C=O) groups is 1. The zero-order valence-electron chi connectivity index (χ0n) is 9.73. The molecule has 0 bridgehead atoms. The van der Waals surface area contributed by atoms with Crippen LogP contribution >= 0.6 is 15.9 Å². The summed E-state index contributed by atoms with van der Waals surface area (Å²) in [7, 11) is 0. The van der Waals surface area contributed by atoms with Crippen molar-refractivity contribution in [2.45, 2.75) is 37.8 Å². The third-order valence-corrected chi connectivity index (χ3v) is 4.72. The van der Waals surface area contributed by atoms with Crippen molar-refractivity contribution >= 4 is 21.7 Å². The summed E-state index contributed by atoms with van der Waals surface area (Å²) in [5, 5.41) is 0. The maximum atomic E-state index is 12.1. The highest BCUT2D eigenvalue weighted by atomic mass is 79.9. The maximum Gasteiger partial charge on any atom is 0.155 e. The topological polar surface area (TPSA) is 20.3 Å². The molecule has 90 valence electrons. The minimum atomic E-state index is -0.00382. The van der Waals surface area contributed by atoms with Crippen LogP contribution in [0.3, 0.4) is 0 Å². The predicted molar refractivity (Wildman–Crippen MR) is 70.9 cm³/mol. The second-order valence-corrected chi connectivity index (χ2v) is 5.82. The van der Waals surface area contributed by atoms with Crippen LogP contribution in [-0.2, 0) is 4.79 Å². The molecule has 0 amide bonds. The van der Waals surface area contributed by atoms with Gasteiger partial charge in [-0.1, -0.05) is 40.5 Å². The number of hydrogen-bond acceptors (Lipinski definition) is 2. The molecule has 1 saturated heterocycles. The van der Waals surface area contributed by atoms with Gasteiger partial charge in [-0.2, -0.15) is 0 Å². The molecule has 1 aromatic rings. The number of benzene rings is 1. The van der Waals surface area contributed by atoms with Gasteiger partial charge in [-0.05, 0) is 24.5 Å². The van der Waals surface area contributed by atoms with Crippen molar-refractivity contribution < 1.29 is 4.79 Å². The summed E-state index contributed by atoms with van der Waals surface area (Å²) >= 11 is 3.57. The van der Waals surface area contributed by atoms with Gasteiger partial charge in [0.2, 0.25) is 0 Å². The molecule has 2 nitrogen and oxygen atoms in total. The van der Waals surface area contributed by atoms with E-state index in [-0.39, 0.29) is 6.04 Å². The van der Waals surface area contributed by atoms with E-state index >= 15 is 0 Å². The summed E-state index contributed by atoms with van der Waals surface area (Å²) in [6.45, 7) is 0.940. The molecule has 1 aliphatic carbocycles. The number of likely N-dealkylation sites (tertiary alicyclic amines) is 1. The van der Waals surface area contributed by atoms with Crippen molar-refractivity contribution in [3.63, 3.8) is 0 Å². The second-order valence-electron chi connectivity index (χ2n) is 4.96. The molecule has 1 unspecified atom stereocenters. The van der Waals surface area contributed by atoms with Crippen LogP contribution in [0.1, 0.15) is 37.3 Å². The molecule has 1 atom stereocenters. The first-order valence-electron chi connectivity index (χ1n) is 6.30. The fourth-order valence-corrected chi connectivity index (χ4v) is 3.35. The normalized spacial score (nSPS) is 26.2. The predicted octanol–water partition coefficient (Wildman–Crippen LogP) is 3.32.